The highest BCUT2D eigenvalue weighted by Crippen LogP contribution is 2.26. The first-order valence-corrected chi connectivity index (χ1v) is 5.04. The summed E-state index contributed by atoms with van der Waals surface area (Å²) in [4.78, 5) is 13.3. The van der Waals surface area contributed by atoms with Crippen LogP contribution in [0.4, 0.5) is 0 Å². The third-order valence-electron chi connectivity index (χ3n) is 2.75. The van der Waals surface area contributed by atoms with Gasteiger partial charge in [-0.1, -0.05) is 18.6 Å². The van der Waals surface area contributed by atoms with Gasteiger partial charge in [-0.15, -0.1) is 0 Å². The summed E-state index contributed by atoms with van der Waals surface area (Å²) in [5.74, 6) is 0.525. The topological polar surface area (TPSA) is 20.3 Å². The summed E-state index contributed by atoms with van der Waals surface area (Å²) >= 11 is 0. The van der Waals surface area contributed by atoms with Crippen LogP contribution in [0.1, 0.15) is 32.6 Å². The smallest absolute Gasteiger partial charge is 0.225 e. The molecule has 1 amide bonds. The highest BCUT2D eigenvalue weighted by molar-refractivity contribution is 5.78. The van der Waals surface area contributed by atoms with E-state index in [1.165, 1.54) is 5.57 Å². The van der Waals surface area contributed by atoms with Gasteiger partial charge < -0.3 is 4.90 Å². The number of carbonyl (C=O) groups excluding carboxylic acids is 1. The van der Waals surface area contributed by atoms with E-state index in [9.17, 15) is 4.79 Å². The van der Waals surface area contributed by atoms with Crippen LogP contribution in [-0.4, -0.2) is 24.9 Å². The van der Waals surface area contributed by atoms with Crippen molar-refractivity contribution in [1.29, 1.82) is 0 Å². The Hall–Kier alpha value is -0.790. The molecule has 1 atom stereocenters. The van der Waals surface area contributed by atoms with E-state index in [1.807, 2.05) is 14.1 Å². The summed E-state index contributed by atoms with van der Waals surface area (Å²) in [7, 11) is 3.67. The molecule has 0 radical (unpaired) electrons. The molecule has 0 fully saturated rings. The number of hydrogen-bond donors (Lipinski definition) is 0. The number of nitrogens with zero attached hydrogens (tertiary/aromatic N) is 1. The Morgan fingerprint density at radius 2 is 2.31 bits per heavy atom. The van der Waals surface area contributed by atoms with Crippen molar-refractivity contribution in [3.63, 3.8) is 0 Å². The van der Waals surface area contributed by atoms with Crippen LogP contribution in [0.25, 0.3) is 0 Å². The van der Waals surface area contributed by atoms with E-state index in [0.717, 1.165) is 25.7 Å². The van der Waals surface area contributed by atoms with Crippen LogP contribution in [0.5, 0.6) is 0 Å². The molecule has 13 heavy (non-hydrogen) atoms. The Balaban J connectivity index is 2.50. The van der Waals surface area contributed by atoms with E-state index in [0.29, 0.717) is 0 Å². The van der Waals surface area contributed by atoms with E-state index in [4.69, 9.17) is 0 Å². The van der Waals surface area contributed by atoms with E-state index in [-0.39, 0.29) is 11.8 Å². The fourth-order valence-corrected chi connectivity index (χ4v) is 1.80. The van der Waals surface area contributed by atoms with Crippen molar-refractivity contribution in [2.45, 2.75) is 32.6 Å². The van der Waals surface area contributed by atoms with Crippen molar-refractivity contribution >= 4 is 5.91 Å². The molecule has 1 aliphatic carbocycles. The van der Waals surface area contributed by atoms with Crippen molar-refractivity contribution in [2.75, 3.05) is 14.1 Å². The summed E-state index contributed by atoms with van der Waals surface area (Å²) in [6.45, 7) is 2.18. The van der Waals surface area contributed by atoms with Gasteiger partial charge in [-0.05, 0) is 25.7 Å². The number of allylic oxidation sites excluding steroid dienone is 2. The van der Waals surface area contributed by atoms with Gasteiger partial charge in [-0.25, -0.2) is 0 Å². The van der Waals surface area contributed by atoms with Crippen LogP contribution in [0, 0.1) is 5.92 Å². The van der Waals surface area contributed by atoms with Crippen LogP contribution in [0.3, 0.4) is 0 Å². The Kier molecular flexibility index (Phi) is 3.52. The lowest BCUT2D eigenvalue weighted by Gasteiger charge is -2.23. The molecule has 0 N–H and O–H groups in total. The number of rotatable bonds is 2. The molecule has 2 heteroatoms. The molecule has 0 saturated heterocycles. The molecule has 1 rings (SSSR count). The van der Waals surface area contributed by atoms with Crippen LogP contribution >= 0.6 is 0 Å². The minimum Gasteiger partial charge on any atom is -0.349 e. The molecule has 2 nitrogen and oxygen atoms in total. The zero-order valence-corrected chi connectivity index (χ0v) is 8.84. The first kappa shape index (κ1) is 10.3. The van der Waals surface area contributed by atoms with Crippen molar-refractivity contribution in [3.8, 4) is 0 Å². The monoisotopic (exact) mass is 181 g/mol. The quantitative estimate of drug-likeness (QED) is 0.598. The van der Waals surface area contributed by atoms with Gasteiger partial charge >= 0.3 is 0 Å². The molecule has 1 unspecified atom stereocenters. The van der Waals surface area contributed by atoms with Gasteiger partial charge in [0.05, 0.1) is 0 Å². The molecule has 0 aromatic heterocycles. The Labute approximate surface area is 80.6 Å². The summed E-state index contributed by atoms with van der Waals surface area (Å²) < 4.78 is 0. The van der Waals surface area contributed by atoms with Crippen molar-refractivity contribution < 1.29 is 4.79 Å². The lowest BCUT2D eigenvalue weighted by Crippen LogP contribution is -2.30. The third kappa shape index (κ3) is 2.58. The third-order valence-corrected chi connectivity index (χ3v) is 2.75. The summed E-state index contributed by atoms with van der Waals surface area (Å²) in [6, 6.07) is 0. The molecule has 0 aromatic rings. The van der Waals surface area contributed by atoms with E-state index >= 15 is 0 Å². The van der Waals surface area contributed by atoms with Gasteiger partial charge in [-0.2, -0.15) is 0 Å². The SMILES string of the molecule is CCC1=CCC(C(=O)N(C)C)CC1. The van der Waals surface area contributed by atoms with Gasteiger partial charge in [0.25, 0.3) is 0 Å². The molecule has 0 aliphatic heterocycles. The maximum absolute atomic E-state index is 11.6. The summed E-state index contributed by atoms with van der Waals surface area (Å²) in [5.41, 5.74) is 1.52. The van der Waals surface area contributed by atoms with E-state index < -0.39 is 0 Å². The highest BCUT2D eigenvalue weighted by atomic mass is 16.2. The molecule has 0 spiro atoms. The second-order valence-corrected chi connectivity index (χ2v) is 3.92. The predicted octanol–water partition coefficient (Wildman–Crippen LogP) is 2.21. The Morgan fingerprint density at radius 3 is 2.69 bits per heavy atom. The first-order chi connectivity index (χ1) is 6.15. The molecule has 1 aliphatic rings. The second kappa shape index (κ2) is 4.45. The van der Waals surface area contributed by atoms with Gasteiger partial charge in [0, 0.05) is 20.0 Å². The number of hydrogen-bond acceptors (Lipinski definition) is 1. The molecule has 74 valence electrons. The van der Waals surface area contributed by atoms with Gasteiger partial charge in [0.1, 0.15) is 0 Å². The normalized spacial score (nSPS) is 22.4. The average Bonchev–Trinajstić information content (AvgIpc) is 2.17. The van der Waals surface area contributed by atoms with Gasteiger partial charge in [-0.3, -0.25) is 4.79 Å². The van der Waals surface area contributed by atoms with Gasteiger partial charge in [0.15, 0.2) is 0 Å². The van der Waals surface area contributed by atoms with Crippen LogP contribution < -0.4 is 0 Å². The molecule has 0 saturated carbocycles. The zero-order valence-electron chi connectivity index (χ0n) is 8.84. The molecular formula is C11H19NO. The van der Waals surface area contributed by atoms with E-state index in [1.54, 1.807) is 4.90 Å². The standard InChI is InChI=1S/C11H19NO/c1-4-9-5-7-10(8-6-9)11(13)12(2)3/h5,10H,4,6-8H2,1-3H3. The van der Waals surface area contributed by atoms with Crippen LogP contribution in [-0.2, 0) is 4.79 Å². The average molecular weight is 181 g/mol. The van der Waals surface area contributed by atoms with Gasteiger partial charge in [0.2, 0.25) is 5.91 Å². The van der Waals surface area contributed by atoms with Crippen molar-refractivity contribution in [3.05, 3.63) is 11.6 Å². The maximum Gasteiger partial charge on any atom is 0.225 e. The highest BCUT2D eigenvalue weighted by Gasteiger charge is 2.21. The van der Waals surface area contributed by atoms with Crippen LogP contribution in [0.15, 0.2) is 11.6 Å². The maximum atomic E-state index is 11.6. The van der Waals surface area contributed by atoms with Crippen LogP contribution in [0.2, 0.25) is 0 Å². The minimum atomic E-state index is 0.241. The van der Waals surface area contributed by atoms with E-state index in [2.05, 4.69) is 13.0 Å². The molecule has 0 heterocycles. The number of carbonyl (C=O) groups is 1. The fraction of sp³-hybridized carbons (Fsp3) is 0.727. The lowest BCUT2D eigenvalue weighted by molar-refractivity contribution is -0.133. The minimum absolute atomic E-state index is 0.241. The summed E-state index contributed by atoms with van der Waals surface area (Å²) in [5, 5.41) is 0. The Bertz CT molecular complexity index is 218. The fourth-order valence-electron chi connectivity index (χ4n) is 1.80. The lowest BCUT2D eigenvalue weighted by atomic mass is 9.88. The first-order valence-electron chi connectivity index (χ1n) is 5.04. The molecule has 0 bridgehead atoms. The molecule has 0 aromatic carbocycles. The second-order valence-electron chi connectivity index (χ2n) is 3.92. The number of amides is 1. The largest absolute Gasteiger partial charge is 0.349 e. The Morgan fingerprint density at radius 1 is 1.62 bits per heavy atom. The van der Waals surface area contributed by atoms with Crippen molar-refractivity contribution in [2.24, 2.45) is 5.92 Å². The predicted molar refractivity (Wildman–Crippen MR) is 54.4 cm³/mol. The van der Waals surface area contributed by atoms with Crippen molar-refractivity contribution in [1.82, 2.24) is 4.90 Å². The zero-order chi connectivity index (χ0) is 9.84. The summed E-state index contributed by atoms with van der Waals surface area (Å²) in [6.07, 6.45) is 6.48. The molecular weight excluding hydrogens is 162 g/mol.